The first-order valence-corrected chi connectivity index (χ1v) is 11.8. The monoisotopic (exact) mass is 474 g/mol. The van der Waals surface area contributed by atoms with Crippen LogP contribution in [0.25, 0.3) is 0 Å². The van der Waals surface area contributed by atoms with Crippen molar-refractivity contribution in [2.24, 2.45) is 0 Å². The number of carbonyl (C=O) groups is 1. The minimum absolute atomic E-state index is 0.0458. The van der Waals surface area contributed by atoms with Gasteiger partial charge in [0.05, 0.1) is 32.6 Å². The highest BCUT2D eigenvalue weighted by molar-refractivity contribution is 5.98. The van der Waals surface area contributed by atoms with Gasteiger partial charge in [0.1, 0.15) is 5.75 Å². The minimum atomic E-state index is 0.0458. The van der Waals surface area contributed by atoms with Gasteiger partial charge in [-0.05, 0) is 54.3 Å². The van der Waals surface area contributed by atoms with Crippen LogP contribution in [0.2, 0.25) is 0 Å². The molecule has 1 aliphatic carbocycles. The van der Waals surface area contributed by atoms with Crippen LogP contribution in [0.15, 0.2) is 48.7 Å². The summed E-state index contributed by atoms with van der Waals surface area (Å²) in [4.78, 5) is 26.9. The summed E-state index contributed by atoms with van der Waals surface area (Å²) in [5.41, 5.74) is 3.70. The molecule has 0 unspecified atom stereocenters. The van der Waals surface area contributed by atoms with Crippen molar-refractivity contribution < 1.29 is 19.0 Å². The number of benzene rings is 2. The molecule has 0 spiro atoms. The number of hydrogen-bond donors (Lipinski definition) is 0. The average Bonchev–Trinajstić information content (AvgIpc) is 2.92. The molecule has 0 bridgehead atoms. The number of rotatable bonds is 6. The van der Waals surface area contributed by atoms with Gasteiger partial charge < -0.3 is 24.0 Å². The average molecular weight is 475 g/mol. The number of anilines is 2. The lowest BCUT2D eigenvalue weighted by Gasteiger charge is -2.36. The van der Waals surface area contributed by atoms with E-state index < -0.39 is 0 Å². The van der Waals surface area contributed by atoms with Gasteiger partial charge in [-0.2, -0.15) is 0 Å². The summed E-state index contributed by atoms with van der Waals surface area (Å²) in [6, 6.07) is 14.0. The molecular weight excluding hydrogens is 444 g/mol. The van der Waals surface area contributed by atoms with E-state index >= 15 is 0 Å². The molecular formula is C27H30N4O4. The van der Waals surface area contributed by atoms with Crippen molar-refractivity contribution in [3.8, 4) is 17.2 Å². The summed E-state index contributed by atoms with van der Waals surface area (Å²) in [6.45, 7) is 3.38. The molecule has 2 aliphatic rings. The molecule has 1 atom stereocenters. The zero-order valence-electron chi connectivity index (χ0n) is 20.4. The van der Waals surface area contributed by atoms with Crippen LogP contribution in [0, 0.1) is 0 Å². The molecule has 182 valence electrons. The van der Waals surface area contributed by atoms with Crippen molar-refractivity contribution in [3.05, 3.63) is 65.5 Å². The van der Waals surface area contributed by atoms with E-state index in [9.17, 15) is 4.79 Å². The Kier molecular flexibility index (Phi) is 6.44. The van der Waals surface area contributed by atoms with Gasteiger partial charge in [0.25, 0.3) is 0 Å². The molecule has 2 aromatic carbocycles. The van der Waals surface area contributed by atoms with E-state index in [0.717, 1.165) is 43.2 Å². The largest absolute Gasteiger partial charge is 0.497 e. The Morgan fingerprint density at radius 1 is 0.829 bits per heavy atom. The third kappa shape index (κ3) is 4.60. The second-order valence-corrected chi connectivity index (χ2v) is 8.85. The Labute approximate surface area is 205 Å². The van der Waals surface area contributed by atoms with Crippen LogP contribution < -0.4 is 24.0 Å². The predicted octanol–water partition coefficient (Wildman–Crippen LogP) is 3.74. The summed E-state index contributed by atoms with van der Waals surface area (Å²) < 4.78 is 16.1. The number of hydrogen-bond acceptors (Lipinski definition) is 8. The SMILES string of the molecule is COc1ccc(N2CCN(c3ncc4c(n3)C[C@H](c3ccc(OC)c(OC)c3)CC4=O)CC2)cc1. The lowest BCUT2D eigenvalue weighted by Crippen LogP contribution is -2.47. The van der Waals surface area contributed by atoms with Gasteiger partial charge in [-0.3, -0.25) is 4.79 Å². The van der Waals surface area contributed by atoms with Crippen molar-refractivity contribution in [2.75, 3.05) is 57.3 Å². The van der Waals surface area contributed by atoms with Gasteiger partial charge in [0.2, 0.25) is 5.95 Å². The molecule has 0 saturated carbocycles. The Balaban J connectivity index is 1.30. The molecule has 35 heavy (non-hydrogen) atoms. The molecule has 8 nitrogen and oxygen atoms in total. The first-order chi connectivity index (χ1) is 17.1. The molecule has 1 aliphatic heterocycles. The number of fused-ring (bicyclic) bond motifs is 1. The minimum Gasteiger partial charge on any atom is -0.497 e. The van der Waals surface area contributed by atoms with E-state index in [1.54, 1.807) is 27.5 Å². The maximum absolute atomic E-state index is 12.9. The third-order valence-corrected chi connectivity index (χ3v) is 6.91. The van der Waals surface area contributed by atoms with E-state index in [1.807, 2.05) is 30.3 Å². The molecule has 2 heterocycles. The molecule has 1 fully saturated rings. The number of methoxy groups -OCH3 is 3. The van der Waals surface area contributed by atoms with Gasteiger partial charge in [0.15, 0.2) is 17.3 Å². The first kappa shape index (κ1) is 23.0. The van der Waals surface area contributed by atoms with Gasteiger partial charge in [-0.1, -0.05) is 6.07 Å². The van der Waals surface area contributed by atoms with E-state index in [-0.39, 0.29) is 11.7 Å². The zero-order valence-corrected chi connectivity index (χ0v) is 20.4. The molecule has 3 aromatic rings. The quantitative estimate of drug-likeness (QED) is 0.535. The Bertz CT molecular complexity index is 1210. The van der Waals surface area contributed by atoms with Crippen molar-refractivity contribution in [1.82, 2.24) is 9.97 Å². The summed E-state index contributed by atoms with van der Waals surface area (Å²) in [5, 5.41) is 0. The Hall–Kier alpha value is -3.81. The summed E-state index contributed by atoms with van der Waals surface area (Å²) in [6.07, 6.45) is 2.84. The van der Waals surface area contributed by atoms with Crippen molar-refractivity contribution >= 4 is 17.4 Å². The van der Waals surface area contributed by atoms with Crippen LogP contribution in [0.4, 0.5) is 11.6 Å². The van der Waals surface area contributed by atoms with Crippen LogP contribution in [0.1, 0.15) is 34.0 Å². The number of ether oxygens (including phenoxy) is 3. The van der Waals surface area contributed by atoms with Crippen LogP contribution in [-0.4, -0.2) is 63.3 Å². The normalized spacial score (nSPS) is 17.7. The van der Waals surface area contributed by atoms with Crippen molar-refractivity contribution in [1.29, 1.82) is 0 Å². The highest BCUT2D eigenvalue weighted by atomic mass is 16.5. The van der Waals surface area contributed by atoms with Gasteiger partial charge in [0, 0.05) is 44.5 Å². The zero-order chi connectivity index (χ0) is 24.4. The standard InChI is InChI=1S/C27H30N4O4/c1-33-21-7-5-20(6-8-21)30-10-12-31(13-11-30)27-28-17-22-23(29-27)14-19(15-24(22)32)18-4-9-25(34-2)26(16-18)35-3/h4-9,16-17,19H,10-15H2,1-3H3/t19-/m0/s1. The molecule has 1 aromatic heterocycles. The van der Waals surface area contributed by atoms with Crippen molar-refractivity contribution in [3.63, 3.8) is 0 Å². The van der Waals surface area contributed by atoms with E-state index in [0.29, 0.717) is 35.9 Å². The Morgan fingerprint density at radius 2 is 1.54 bits per heavy atom. The van der Waals surface area contributed by atoms with Gasteiger partial charge >= 0.3 is 0 Å². The third-order valence-electron chi connectivity index (χ3n) is 6.91. The van der Waals surface area contributed by atoms with Crippen molar-refractivity contribution in [2.45, 2.75) is 18.8 Å². The number of carbonyl (C=O) groups excluding carboxylic acids is 1. The van der Waals surface area contributed by atoms with Gasteiger partial charge in [-0.25, -0.2) is 9.97 Å². The molecule has 0 amide bonds. The van der Waals surface area contributed by atoms with Crippen LogP contribution >= 0.6 is 0 Å². The summed E-state index contributed by atoms with van der Waals surface area (Å²) >= 11 is 0. The molecule has 0 radical (unpaired) electrons. The fourth-order valence-electron chi connectivity index (χ4n) is 4.89. The van der Waals surface area contributed by atoms with Gasteiger partial charge in [-0.15, -0.1) is 0 Å². The molecule has 1 saturated heterocycles. The summed E-state index contributed by atoms with van der Waals surface area (Å²) in [7, 11) is 4.92. The number of Topliss-reactive ketones (excluding diaryl/α,β-unsaturated/α-hetero) is 1. The van der Waals surface area contributed by atoms with E-state index in [1.165, 1.54) is 5.69 Å². The maximum Gasteiger partial charge on any atom is 0.225 e. The lowest BCUT2D eigenvalue weighted by molar-refractivity contribution is 0.0962. The first-order valence-electron chi connectivity index (χ1n) is 11.8. The number of ketones is 1. The number of aromatic nitrogens is 2. The second-order valence-electron chi connectivity index (χ2n) is 8.85. The molecule has 8 heteroatoms. The maximum atomic E-state index is 12.9. The fourth-order valence-corrected chi connectivity index (χ4v) is 4.89. The molecule has 0 N–H and O–H groups in total. The second kappa shape index (κ2) is 9.82. The van der Waals surface area contributed by atoms with Crippen LogP contribution in [0.5, 0.6) is 17.2 Å². The van der Waals surface area contributed by atoms with E-state index in [2.05, 4.69) is 26.9 Å². The highest BCUT2D eigenvalue weighted by Gasteiger charge is 2.30. The topological polar surface area (TPSA) is 77.0 Å². The Morgan fingerprint density at radius 3 is 2.23 bits per heavy atom. The predicted molar refractivity (Wildman–Crippen MR) is 134 cm³/mol. The fraction of sp³-hybridized carbons (Fsp3) is 0.370. The summed E-state index contributed by atoms with van der Waals surface area (Å²) in [5.74, 6) is 3.03. The molecule has 5 rings (SSSR count). The number of piperazine rings is 1. The lowest BCUT2D eigenvalue weighted by atomic mass is 9.82. The smallest absolute Gasteiger partial charge is 0.225 e. The van der Waals surface area contributed by atoms with Crippen LogP contribution in [-0.2, 0) is 6.42 Å². The van der Waals surface area contributed by atoms with Crippen LogP contribution in [0.3, 0.4) is 0 Å². The van der Waals surface area contributed by atoms with E-state index in [4.69, 9.17) is 19.2 Å². The highest BCUT2D eigenvalue weighted by Crippen LogP contribution is 2.36. The number of nitrogens with zero attached hydrogens (tertiary/aromatic N) is 4.